The zero-order valence-corrected chi connectivity index (χ0v) is 11.1. The lowest BCUT2D eigenvalue weighted by molar-refractivity contribution is 0.103. The molecule has 0 atom stereocenters. The Hall–Kier alpha value is -2.23. The Bertz CT molecular complexity index is 582. The SMILES string of the molecule is CCOc1cncc(C(=O)c2ccncc2CC)c1. The van der Waals surface area contributed by atoms with Gasteiger partial charge in [0, 0.05) is 29.7 Å². The molecule has 98 valence electrons. The molecule has 19 heavy (non-hydrogen) atoms. The molecule has 2 heterocycles. The maximum Gasteiger partial charge on any atom is 0.195 e. The van der Waals surface area contributed by atoms with Crippen LogP contribution in [0.25, 0.3) is 0 Å². The largest absolute Gasteiger partial charge is 0.492 e. The highest BCUT2D eigenvalue weighted by molar-refractivity contribution is 6.09. The second-order valence-corrected chi connectivity index (χ2v) is 4.06. The number of carbonyl (C=O) groups is 1. The third-order valence-electron chi connectivity index (χ3n) is 2.82. The van der Waals surface area contributed by atoms with Crippen molar-refractivity contribution in [1.82, 2.24) is 9.97 Å². The van der Waals surface area contributed by atoms with E-state index in [2.05, 4.69) is 9.97 Å². The molecule has 0 bridgehead atoms. The molecule has 2 aromatic heterocycles. The number of hydrogen-bond acceptors (Lipinski definition) is 4. The molecule has 0 aliphatic carbocycles. The van der Waals surface area contributed by atoms with E-state index >= 15 is 0 Å². The molecular weight excluding hydrogens is 240 g/mol. The number of rotatable bonds is 5. The van der Waals surface area contributed by atoms with Gasteiger partial charge in [-0.3, -0.25) is 14.8 Å². The van der Waals surface area contributed by atoms with E-state index in [1.165, 1.54) is 0 Å². The van der Waals surface area contributed by atoms with Crippen LogP contribution in [0.5, 0.6) is 5.75 Å². The normalized spacial score (nSPS) is 10.2. The maximum atomic E-state index is 12.5. The van der Waals surface area contributed by atoms with Crippen molar-refractivity contribution in [2.24, 2.45) is 0 Å². The van der Waals surface area contributed by atoms with Gasteiger partial charge in [0.15, 0.2) is 5.78 Å². The number of carbonyl (C=O) groups excluding carboxylic acids is 1. The van der Waals surface area contributed by atoms with E-state index < -0.39 is 0 Å². The molecule has 2 aromatic rings. The first-order valence-corrected chi connectivity index (χ1v) is 6.31. The molecule has 4 heteroatoms. The Morgan fingerprint density at radius 2 is 2.05 bits per heavy atom. The minimum Gasteiger partial charge on any atom is -0.492 e. The zero-order valence-electron chi connectivity index (χ0n) is 11.1. The molecule has 0 saturated heterocycles. The Morgan fingerprint density at radius 1 is 1.21 bits per heavy atom. The van der Waals surface area contributed by atoms with Crippen molar-refractivity contribution in [1.29, 1.82) is 0 Å². The van der Waals surface area contributed by atoms with Crippen LogP contribution in [0.15, 0.2) is 36.9 Å². The van der Waals surface area contributed by atoms with E-state index in [4.69, 9.17) is 4.74 Å². The molecule has 0 aliphatic heterocycles. The topological polar surface area (TPSA) is 52.1 Å². The number of aryl methyl sites for hydroxylation is 1. The smallest absolute Gasteiger partial charge is 0.195 e. The number of hydrogen-bond donors (Lipinski definition) is 0. The first-order chi connectivity index (χ1) is 9.26. The lowest BCUT2D eigenvalue weighted by atomic mass is 10.00. The summed E-state index contributed by atoms with van der Waals surface area (Å²) in [5.74, 6) is 0.564. The van der Waals surface area contributed by atoms with E-state index in [1.54, 1.807) is 36.9 Å². The Labute approximate surface area is 112 Å². The lowest BCUT2D eigenvalue weighted by Gasteiger charge is -2.07. The molecule has 0 aliphatic rings. The Balaban J connectivity index is 2.35. The molecule has 0 saturated carbocycles. The number of ketones is 1. The monoisotopic (exact) mass is 256 g/mol. The van der Waals surface area contributed by atoms with Crippen molar-refractivity contribution < 1.29 is 9.53 Å². The van der Waals surface area contributed by atoms with Crippen molar-refractivity contribution in [3.8, 4) is 5.75 Å². The van der Waals surface area contributed by atoms with E-state index in [0.717, 1.165) is 12.0 Å². The number of nitrogens with zero attached hydrogens (tertiary/aromatic N) is 2. The predicted octanol–water partition coefficient (Wildman–Crippen LogP) is 2.67. The highest BCUT2D eigenvalue weighted by Crippen LogP contribution is 2.17. The van der Waals surface area contributed by atoms with E-state index in [1.807, 2.05) is 13.8 Å². The number of ether oxygens (including phenoxy) is 1. The highest BCUT2D eigenvalue weighted by Gasteiger charge is 2.13. The van der Waals surface area contributed by atoms with Gasteiger partial charge in [0.1, 0.15) is 5.75 Å². The maximum absolute atomic E-state index is 12.5. The summed E-state index contributed by atoms with van der Waals surface area (Å²) in [6.07, 6.45) is 7.30. The molecular formula is C15H16N2O2. The van der Waals surface area contributed by atoms with E-state index in [0.29, 0.717) is 23.5 Å². The van der Waals surface area contributed by atoms with Gasteiger partial charge in [-0.2, -0.15) is 0 Å². The minimum absolute atomic E-state index is 0.0479. The van der Waals surface area contributed by atoms with Crippen LogP contribution in [0, 0.1) is 0 Å². The van der Waals surface area contributed by atoms with Gasteiger partial charge in [-0.1, -0.05) is 6.92 Å². The fourth-order valence-electron chi connectivity index (χ4n) is 1.87. The standard InChI is InChI=1S/C15H16N2O2/c1-3-11-8-16-6-5-14(11)15(18)12-7-13(19-4-2)10-17-9-12/h5-10H,3-4H2,1-2H3. The van der Waals surface area contributed by atoms with Crippen LogP contribution < -0.4 is 4.74 Å². The first kappa shape index (κ1) is 13.2. The van der Waals surface area contributed by atoms with Crippen LogP contribution in [0.2, 0.25) is 0 Å². The highest BCUT2D eigenvalue weighted by atomic mass is 16.5. The van der Waals surface area contributed by atoms with Gasteiger partial charge in [0.25, 0.3) is 0 Å². The van der Waals surface area contributed by atoms with Crippen LogP contribution >= 0.6 is 0 Å². The molecule has 0 unspecified atom stereocenters. The van der Waals surface area contributed by atoms with Gasteiger partial charge in [0.05, 0.1) is 12.8 Å². The third-order valence-corrected chi connectivity index (χ3v) is 2.82. The van der Waals surface area contributed by atoms with Gasteiger partial charge < -0.3 is 4.74 Å². The van der Waals surface area contributed by atoms with Gasteiger partial charge in [-0.15, -0.1) is 0 Å². The lowest BCUT2D eigenvalue weighted by Crippen LogP contribution is -2.06. The summed E-state index contributed by atoms with van der Waals surface area (Å²) in [4.78, 5) is 20.5. The number of pyridine rings is 2. The molecule has 0 aromatic carbocycles. The second kappa shape index (κ2) is 6.09. The fourth-order valence-corrected chi connectivity index (χ4v) is 1.87. The summed E-state index contributed by atoms with van der Waals surface area (Å²) < 4.78 is 5.36. The Kier molecular flexibility index (Phi) is 4.23. The third kappa shape index (κ3) is 2.96. The molecule has 4 nitrogen and oxygen atoms in total. The van der Waals surface area contributed by atoms with Crippen LogP contribution in [0.1, 0.15) is 35.3 Å². The van der Waals surface area contributed by atoms with Crippen LogP contribution in [0.4, 0.5) is 0 Å². The van der Waals surface area contributed by atoms with Crippen LogP contribution in [0.3, 0.4) is 0 Å². The van der Waals surface area contributed by atoms with Crippen molar-refractivity contribution in [3.05, 3.63) is 53.6 Å². The zero-order chi connectivity index (χ0) is 13.7. The summed E-state index contributed by atoms with van der Waals surface area (Å²) in [5, 5.41) is 0. The average Bonchev–Trinajstić information content (AvgIpc) is 2.47. The predicted molar refractivity (Wildman–Crippen MR) is 72.5 cm³/mol. The molecule has 0 fully saturated rings. The van der Waals surface area contributed by atoms with Gasteiger partial charge in [-0.05, 0) is 31.0 Å². The molecule has 0 spiro atoms. The second-order valence-electron chi connectivity index (χ2n) is 4.06. The first-order valence-electron chi connectivity index (χ1n) is 6.31. The van der Waals surface area contributed by atoms with Gasteiger partial charge in [0.2, 0.25) is 0 Å². The van der Waals surface area contributed by atoms with Crippen molar-refractivity contribution >= 4 is 5.78 Å². The van der Waals surface area contributed by atoms with E-state index in [-0.39, 0.29) is 5.78 Å². The summed E-state index contributed by atoms with van der Waals surface area (Å²) >= 11 is 0. The van der Waals surface area contributed by atoms with Gasteiger partial charge in [-0.25, -0.2) is 0 Å². The molecule has 0 amide bonds. The van der Waals surface area contributed by atoms with Crippen LogP contribution in [-0.2, 0) is 6.42 Å². The van der Waals surface area contributed by atoms with Crippen molar-refractivity contribution in [2.75, 3.05) is 6.61 Å². The van der Waals surface area contributed by atoms with Crippen molar-refractivity contribution in [2.45, 2.75) is 20.3 Å². The fraction of sp³-hybridized carbons (Fsp3) is 0.267. The Morgan fingerprint density at radius 3 is 2.79 bits per heavy atom. The summed E-state index contributed by atoms with van der Waals surface area (Å²) in [6.45, 7) is 4.45. The molecule has 0 radical (unpaired) electrons. The molecule has 0 N–H and O–H groups in total. The summed E-state index contributed by atoms with van der Waals surface area (Å²) in [5.41, 5.74) is 2.15. The van der Waals surface area contributed by atoms with E-state index in [9.17, 15) is 4.79 Å². The van der Waals surface area contributed by atoms with Crippen LogP contribution in [-0.4, -0.2) is 22.4 Å². The van der Waals surface area contributed by atoms with Crippen molar-refractivity contribution in [3.63, 3.8) is 0 Å². The minimum atomic E-state index is -0.0479. The summed E-state index contributed by atoms with van der Waals surface area (Å²) in [6, 6.07) is 3.47. The quantitative estimate of drug-likeness (QED) is 0.772. The van der Waals surface area contributed by atoms with Gasteiger partial charge >= 0.3 is 0 Å². The number of aromatic nitrogens is 2. The molecule has 2 rings (SSSR count). The summed E-state index contributed by atoms with van der Waals surface area (Å²) in [7, 11) is 0. The average molecular weight is 256 g/mol.